The van der Waals surface area contributed by atoms with Crippen LogP contribution in [0.4, 0.5) is 5.69 Å². The van der Waals surface area contributed by atoms with E-state index in [4.69, 9.17) is 10.6 Å². The van der Waals surface area contributed by atoms with E-state index in [9.17, 15) is 22.8 Å². The second-order valence-corrected chi connectivity index (χ2v) is 11.8. The lowest BCUT2D eigenvalue weighted by atomic mass is 10.1. The Balaban J connectivity index is 1.79. The lowest BCUT2D eigenvalue weighted by Crippen LogP contribution is -2.44. The van der Waals surface area contributed by atoms with Gasteiger partial charge in [0.15, 0.2) is 5.01 Å². The third-order valence-corrected chi connectivity index (χ3v) is 7.87. The summed E-state index contributed by atoms with van der Waals surface area (Å²) in [4.78, 5) is 48.0. The number of carbonyl (C=O) groups is 2. The van der Waals surface area contributed by atoms with Gasteiger partial charge in [-0.2, -0.15) is 0 Å². The highest BCUT2D eigenvalue weighted by molar-refractivity contribution is 14.1. The van der Waals surface area contributed by atoms with E-state index in [1.54, 1.807) is 24.4 Å². The van der Waals surface area contributed by atoms with Crippen LogP contribution < -0.4 is 21.3 Å². The van der Waals surface area contributed by atoms with Crippen LogP contribution in [-0.2, 0) is 26.2 Å². The Morgan fingerprint density at radius 2 is 2.05 bits per heavy atom. The minimum absolute atomic E-state index is 0.00593. The molecule has 2 heterocycles. The number of thiazole rings is 1. The summed E-state index contributed by atoms with van der Waals surface area (Å²) in [5.74, 6) is -0.862. The number of oxime groups is 1. The molecule has 0 aliphatic rings. The lowest BCUT2D eigenvalue weighted by molar-refractivity contribution is -0.122. The highest BCUT2D eigenvalue weighted by atomic mass is 127. The van der Waals surface area contributed by atoms with Gasteiger partial charge in [-0.3, -0.25) is 19.1 Å². The average Bonchev–Trinajstić information content (AvgIpc) is 3.40. The lowest BCUT2D eigenvalue weighted by Gasteiger charge is -2.18. The molecule has 0 aliphatic heterocycles. The molecule has 3 aromatic rings. The minimum Gasteiger partial charge on any atom is -0.394 e. The number of hydrogen-bond donors (Lipinski definition) is 3. The maximum Gasteiger partial charge on any atom is 0.275 e. The van der Waals surface area contributed by atoms with Crippen LogP contribution in [-0.4, -0.2) is 48.1 Å². The molecular weight excluding hydrogens is 647 g/mol. The fourth-order valence-electron chi connectivity index (χ4n) is 3.25. The van der Waals surface area contributed by atoms with Crippen molar-refractivity contribution in [2.75, 3.05) is 11.3 Å². The number of carbonyl (C=O) groups excluding carboxylic acids is 2. The zero-order chi connectivity index (χ0) is 27.9. The molecule has 38 heavy (non-hydrogen) atoms. The van der Waals surface area contributed by atoms with E-state index in [1.807, 2.05) is 22.6 Å². The number of aromatic nitrogens is 2. The van der Waals surface area contributed by atoms with Crippen molar-refractivity contribution in [3.8, 4) is 0 Å². The van der Waals surface area contributed by atoms with Gasteiger partial charge in [-0.25, -0.2) is 13.4 Å². The summed E-state index contributed by atoms with van der Waals surface area (Å²) in [5, 5.41) is 8.06. The molecular formula is C23H25IN6O6S2. The predicted molar refractivity (Wildman–Crippen MR) is 152 cm³/mol. The number of halogens is 1. The summed E-state index contributed by atoms with van der Waals surface area (Å²) in [6.45, 7) is 2.68. The van der Waals surface area contributed by atoms with Crippen LogP contribution in [0, 0.1) is 10.5 Å². The average molecular weight is 673 g/mol. The van der Waals surface area contributed by atoms with Crippen molar-refractivity contribution in [3.63, 3.8) is 0 Å². The molecule has 1 aromatic carbocycles. The quantitative estimate of drug-likeness (QED) is 0.0655. The smallest absolute Gasteiger partial charge is 0.275 e. The topological polar surface area (TPSA) is 175 Å². The number of anilines is 1. The highest BCUT2D eigenvalue weighted by Crippen LogP contribution is 2.17. The first kappa shape index (κ1) is 29.2. The molecule has 1 unspecified atom stereocenters. The monoisotopic (exact) mass is 672 g/mol. The number of aryl methyl sites for hydroxylation is 1. The van der Waals surface area contributed by atoms with E-state index in [2.05, 4.69) is 20.2 Å². The van der Waals surface area contributed by atoms with E-state index in [0.717, 1.165) is 15.9 Å². The maximum atomic E-state index is 13.1. The maximum absolute atomic E-state index is 13.1. The number of amides is 1. The van der Waals surface area contributed by atoms with Gasteiger partial charge in [0, 0.05) is 27.3 Å². The van der Waals surface area contributed by atoms with Gasteiger partial charge in [0.25, 0.3) is 15.6 Å². The van der Waals surface area contributed by atoms with Gasteiger partial charge in [-0.15, -0.1) is 11.3 Å². The van der Waals surface area contributed by atoms with E-state index in [1.165, 1.54) is 37.4 Å². The number of pyridine rings is 1. The Morgan fingerprint density at radius 1 is 1.29 bits per heavy atom. The molecule has 1 amide bonds. The first-order valence-electron chi connectivity index (χ1n) is 11.1. The van der Waals surface area contributed by atoms with Crippen molar-refractivity contribution in [3.05, 3.63) is 72.6 Å². The number of nitrogens with one attached hydrogen (secondary N) is 2. The van der Waals surface area contributed by atoms with E-state index in [-0.39, 0.29) is 34.5 Å². The van der Waals surface area contributed by atoms with Crippen LogP contribution >= 0.6 is 33.9 Å². The summed E-state index contributed by atoms with van der Waals surface area (Å²) < 4.78 is 29.7. The summed E-state index contributed by atoms with van der Waals surface area (Å²) >= 11 is 3.11. The normalized spacial score (nSPS) is 12.6. The molecule has 0 saturated heterocycles. The molecule has 0 spiro atoms. The van der Waals surface area contributed by atoms with Crippen molar-refractivity contribution >= 4 is 67.2 Å². The third kappa shape index (κ3) is 7.84. The number of hydrogen-bond acceptors (Lipinski definition) is 9. The van der Waals surface area contributed by atoms with Crippen LogP contribution in [0.1, 0.15) is 28.8 Å². The number of nitrogens with zero attached hydrogens (tertiary/aromatic N) is 3. The minimum atomic E-state index is -4.04. The Hall–Kier alpha value is -3.31. The second kappa shape index (κ2) is 13.0. The van der Waals surface area contributed by atoms with Crippen LogP contribution in [0.5, 0.6) is 0 Å². The summed E-state index contributed by atoms with van der Waals surface area (Å²) in [6.07, 6.45) is 1.55. The molecule has 0 fully saturated rings. The molecule has 15 heteroatoms. The van der Waals surface area contributed by atoms with Gasteiger partial charge in [0.1, 0.15) is 24.7 Å². The van der Waals surface area contributed by atoms with E-state index < -0.39 is 39.9 Å². The first-order chi connectivity index (χ1) is 18.0. The number of rotatable bonds is 12. The summed E-state index contributed by atoms with van der Waals surface area (Å²) in [7, 11) is -4.04. The van der Waals surface area contributed by atoms with Gasteiger partial charge >= 0.3 is 0 Å². The van der Waals surface area contributed by atoms with Crippen molar-refractivity contribution in [2.45, 2.75) is 37.8 Å². The Kier molecular flexibility index (Phi) is 9.98. The Morgan fingerprint density at radius 3 is 2.71 bits per heavy atom. The van der Waals surface area contributed by atoms with Gasteiger partial charge in [-0.05, 0) is 66.8 Å². The van der Waals surface area contributed by atoms with Crippen molar-refractivity contribution in [2.24, 2.45) is 10.9 Å². The zero-order valence-electron chi connectivity index (χ0n) is 20.4. The molecule has 12 nitrogen and oxygen atoms in total. The first-order valence-corrected chi connectivity index (χ1v) is 14.6. The number of nitrogens with two attached hydrogens (primary N) is 1. The van der Waals surface area contributed by atoms with Crippen molar-refractivity contribution in [1.82, 2.24) is 14.9 Å². The van der Waals surface area contributed by atoms with E-state index >= 15 is 0 Å². The standard InChI is InChI=1S/C23H25IN6O6S2/c1-14-6-7-19(29-38(34,35)17-5-3-4-16(24)12-17)23(33)30(14)13-20(31)27-18(8-10-36-28-15(2)25)21(32)22-26-9-11-37-22/h3-7,9,11-12,18,29H,8,10,13H2,1-2H3,(H2,25,28)(H,27,31). The Bertz CT molecular complexity index is 1500. The van der Waals surface area contributed by atoms with Crippen molar-refractivity contribution < 1.29 is 22.8 Å². The molecule has 2 aromatic heterocycles. The van der Waals surface area contributed by atoms with Crippen LogP contribution in [0.25, 0.3) is 0 Å². The number of Topliss-reactive ketones (excluding diaryl/α,β-unsaturated/α-hetero) is 1. The van der Waals surface area contributed by atoms with Crippen LogP contribution in [0.15, 0.2) is 62.8 Å². The van der Waals surface area contributed by atoms with E-state index in [0.29, 0.717) is 9.26 Å². The zero-order valence-corrected chi connectivity index (χ0v) is 24.2. The predicted octanol–water partition coefficient (Wildman–Crippen LogP) is 2.09. The molecule has 0 bridgehead atoms. The summed E-state index contributed by atoms with van der Waals surface area (Å²) in [5.41, 5.74) is 4.92. The third-order valence-electron chi connectivity index (χ3n) is 5.05. The van der Waals surface area contributed by atoms with Gasteiger partial charge < -0.3 is 20.5 Å². The fourth-order valence-corrected chi connectivity index (χ4v) is 5.74. The molecule has 0 saturated carbocycles. The number of ketones is 1. The highest BCUT2D eigenvalue weighted by Gasteiger charge is 2.25. The molecule has 0 aliphatic carbocycles. The van der Waals surface area contributed by atoms with Gasteiger partial charge in [-0.1, -0.05) is 11.2 Å². The van der Waals surface area contributed by atoms with Crippen LogP contribution in [0.2, 0.25) is 0 Å². The second-order valence-electron chi connectivity index (χ2n) is 8.02. The van der Waals surface area contributed by atoms with Crippen LogP contribution in [0.3, 0.4) is 0 Å². The molecule has 0 radical (unpaired) electrons. The van der Waals surface area contributed by atoms with Gasteiger partial charge in [0.05, 0.1) is 10.9 Å². The fraction of sp³-hybridized carbons (Fsp3) is 0.261. The number of sulfonamides is 1. The SMILES string of the molecule is C/C(N)=N\OCCC(NC(=O)Cn1c(C)ccc(NS(=O)(=O)c2cccc(I)c2)c1=O)C(=O)c1nccs1. The summed E-state index contributed by atoms with van der Waals surface area (Å²) in [6, 6.07) is 8.05. The Labute approximate surface area is 236 Å². The molecule has 1 atom stereocenters. The molecule has 3 rings (SSSR count). The number of benzene rings is 1. The van der Waals surface area contributed by atoms with Crippen molar-refractivity contribution in [1.29, 1.82) is 0 Å². The number of amidine groups is 1. The van der Waals surface area contributed by atoms with Gasteiger partial charge in [0.2, 0.25) is 11.7 Å². The largest absolute Gasteiger partial charge is 0.394 e. The molecule has 4 N–H and O–H groups in total. The molecule has 202 valence electrons.